The number of hydrogen-bond donors (Lipinski definition) is 0. The van der Waals surface area contributed by atoms with E-state index in [1.165, 1.54) is 6.07 Å². The van der Waals surface area contributed by atoms with Gasteiger partial charge in [-0.25, -0.2) is 8.42 Å². The number of rotatable bonds is 4. The monoisotopic (exact) mass is 352 g/mol. The molecule has 0 unspecified atom stereocenters. The molecule has 1 aromatic rings. The van der Waals surface area contributed by atoms with Crippen LogP contribution in [0, 0.1) is 5.92 Å². The predicted octanol–water partition coefficient (Wildman–Crippen LogP) is 2.72. The van der Waals surface area contributed by atoms with Gasteiger partial charge in [-0.05, 0) is 24.1 Å². The van der Waals surface area contributed by atoms with Gasteiger partial charge in [0.2, 0.25) is 10.0 Å². The van der Waals surface area contributed by atoms with Crippen molar-refractivity contribution in [3.63, 3.8) is 0 Å². The standard InChI is InChI=1S/C14H21ClN2O2S.ClH/c1-12(2)11-16-6-8-17(9-7-16)20(18,19)14-5-3-4-13(15)10-14;/h3-5,10,12H,6-9,11H2,1-2H3;1H. The summed E-state index contributed by atoms with van der Waals surface area (Å²) in [7, 11) is -3.41. The molecule has 1 saturated heterocycles. The molecule has 0 saturated carbocycles. The van der Waals surface area contributed by atoms with Crippen molar-refractivity contribution < 1.29 is 8.42 Å². The van der Waals surface area contributed by atoms with Gasteiger partial charge in [-0.15, -0.1) is 12.4 Å². The van der Waals surface area contributed by atoms with Gasteiger partial charge >= 0.3 is 0 Å². The maximum Gasteiger partial charge on any atom is 0.243 e. The molecule has 0 atom stereocenters. The number of nitrogens with zero attached hydrogens (tertiary/aromatic N) is 2. The number of hydrogen-bond acceptors (Lipinski definition) is 3. The Balaban J connectivity index is 0.00000220. The number of sulfonamides is 1. The molecule has 0 spiro atoms. The summed E-state index contributed by atoms with van der Waals surface area (Å²) in [6.45, 7) is 8.04. The Morgan fingerprint density at radius 2 is 1.81 bits per heavy atom. The van der Waals surface area contributed by atoms with Gasteiger partial charge in [-0.2, -0.15) is 4.31 Å². The van der Waals surface area contributed by atoms with Gasteiger partial charge in [0, 0.05) is 37.7 Å². The first-order valence-electron chi connectivity index (χ1n) is 6.87. The molecular weight excluding hydrogens is 331 g/mol. The third-order valence-corrected chi connectivity index (χ3v) is 5.52. The van der Waals surface area contributed by atoms with Crippen molar-refractivity contribution in [3.8, 4) is 0 Å². The minimum atomic E-state index is -3.41. The SMILES string of the molecule is CC(C)CN1CCN(S(=O)(=O)c2cccc(Cl)c2)CC1.Cl. The zero-order valence-electron chi connectivity index (χ0n) is 12.3. The normalized spacial score (nSPS) is 17.7. The van der Waals surface area contributed by atoms with Crippen LogP contribution in [0.3, 0.4) is 0 Å². The highest BCUT2D eigenvalue weighted by atomic mass is 35.5. The van der Waals surface area contributed by atoms with Crippen molar-refractivity contribution in [2.75, 3.05) is 32.7 Å². The summed E-state index contributed by atoms with van der Waals surface area (Å²) in [5.74, 6) is 0.603. The van der Waals surface area contributed by atoms with Gasteiger partial charge in [-0.3, -0.25) is 0 Å². The Labute approximate surface area is 138 Å². The third kappa shape index (κ3) is 4.83. The molecule has 0 aliphatic carbocycles. The molecule has 0 bridgehead atoms. The van der Waals surface area contributed by atoms with Crippen LogP contribution in [0.5, 0.6) is 0 Å². The van der Waals surface area contributed by atoms with Crippen LogP contribution in [0.25, 0.3) is 0 Å². The lowest BCUT2D eigenvalue weighted by molar-refractivity contribution is 0.172. The summed E-state index contributed by atoms with van der Waals surface area (Å²) in [5, 5.41) is 0.449. The van der Waals surface area contributed by atoms with Crippen LogP contribution in [0.15, 0.2) is 29.2 Å². The van der Waals surface area contributed by atoms with Crippen LogP contribution in [-0.2, 0) is 10.0 Å². The van der Waals surface area contributed by atoms with Gasteiger partial charge in [0.15, 0.2) is 0 Å². The molecule has 7 heteroatoms. The van der Waals surface area contributed by atoms with Crippen LogP contribution < -0.4 is 0 Å². The fourth-order valence-corrected chi connectivity index (χ4v) is 4.17. The summed E-state index contributed by atoms with van der Waals surface area (Å²) in [6, 6.07) is 6.46. The highest BCUT2D eigenvalue weighted by Crippen LogP contribution is 2.21. The minimum Gasteiger partial charge on any atom is -0.300 e. The molecule has 0 amide bonds. The lowest BCUT2D eigenvalue weighted by atomic mass is 10.2. The summed E-state index contributed by atoms with van der Waals surface area (Å²) in [5.41, 5.74) is 0. The van der Waals surface area contributed by atoms with Crippen LogP contribution >= 0.6 is 24.0 Å². The second-order valence-electron chi connectivity index (χ2n) is 5.56. The molecule has 1 aromatic carbocycles. The van der Waals surface area contributed by atoms with E-state index < -0.39 is 10.0 Å². The summed E-state index contributed by atoms with van der Waals surface area (Å²) < 4.78 is 26.6. The molecule has 0 aromatic heterocycles. The predicted molar refractivity (Wildman–Crippen MR) is 88.7 cm³/mol. The molecule has 0 radical (unpaired) electrons. The van der Waals surface area contributed by atoms with Gasteiger partial charge in [0.05, 0.1) is 4.90 Å². The fraction of sp³-hybridized carbons (Fsp3) is 0.571. The number of benzene rings is 1. The van der Waals surface area contributed by atoms with Crippen molar-refractivity contribution in [1.29, 1.82) is 0 Å². The molecule has 1 heterocycles. The maximum absolute atomic E-state index is 12.5. The quantitative estimate of drug-likeness (QED) is 0.836. The van der Waals surface area contributed by atoms with Crippen molar-refractivity contribution in [1.82, 2.24) is 9.21 Å². The van der Waals surface area contributed by atoms with Crippen LogP contribution in [0.2, 0.25) is 5.02 Å². The summed E-state index contributed by atoms with van der Waals surface area (Å²) in [6.07, 6.45) is 0. The second-order valence-corrected chi connectivity index (χ2v) is 7.93. The second kappa shape index (κ2) is 7.79. The van der Waals surface area contributed by atoms with E-state index in [0.717, 1.165) is 19.6 Å². The van der Waals surface area contributed by atoms with E-state index in [0.29, 0.717) is 24.0 Å². The van der Waals surface area contributed by atoms with Crippen molar-refractivity contribution in [3.05, 3.63) is 29.3 Å². The highest BCUT2D eigenvalue weighted by molar-refractivity contribution is 7.89. The van der Waals surface area contributed by atoms with Gasteiger partial charge < -0.3 is 4.90 Å². The fourth-order valence-electron chi connectivity index (χ4n) is 2.45. The van der Waals surface area contributed by atoms with Crippen molar-refractivity contribution >= 4 is 34.0 Å². The molecule has 0 N–H and O–H groups in total. The maximum atomic E-state index is 12.5. The molecule has 120 valence electrons. The van der Waals surface area contributed by atoms with E-state index in [1.807, 2.05) is 0 Å². The zero-order chi connectivity index (χ0) is 14.8. The molecular formula is C14H22Cl2N2O2S. The molecule has 1 aliphatic rings. The Kier molecular flexibility index (Phi) is 6.94. The number of halogens is 2. The Morgan fingerprint density at radius 1 is 1.19 bits per heavy atom. The smallest absolute Gasteiger partial charge is 0.243 e. The van der Waals surface area contributed by atoms with E-state index in [-0.39, 0.29) is 17.3 Å². The zero-order valence-corrected chi connectivity index (χ0v) is 14.7. The summed E-state index contributed by atoms with van der Waals surface area (Å²) >= 11 is 5.88. The topological polar surface area (TPSA) is 40.6 Å². The van der Waals surface area contributed by atoms with Gasteiger partial charge in [-0.1, -0.05) is 31.5 Å². The molecule has 4 nitrogen and oxygen atoms in total. The van der Waals surface area contributed by atoms with Gasteiger partial charge in [0.1, 0.15) is 0 Å². The first-order chi connectivity index (χ1) is 9.39. The van der Waals surface area contributed by atoms with Crippen LogP contribution in [0.4, 0.5) is 0 Å². The number of piperazine rings is 1. The average Bonchev–Trinajstić information content (AvgIpc) is 2.38. The Hall–Kier alpha value is -0.330. The first-order valence-corrected chi connectivity index (χ1v) is 8.69. The lowest BCUT2D eigenvalue weighted by Crippen LogP contribution is -2.49. The van der Waals surface area contributed by atoms with Gasteiger partial charge in [0.25, 0.3) is 0 Å². The van der Waals surface area contributed by atoms with Crippen molar-refractivity contribution in [2.45, 2.75) is 18.7 Å². The minimum absolute atomic E-state index is 0. The molecule has 21 heavy (non-hydrogen) atoms. The average molecular weight is 353 g/mol. The Morgan fingerprint density at radius 3 is 2.33 bits per heavy atom. The lowest BCUT2D eigenvalue weighted by Gasteiger charge is -2.34. The van der Waals surface area contributed by atoms with Crippen molar-refractivity contribution in [2.24, 2.45) is 5.92 Å². The van der Waals surface area contributed by atoms with E-state index in [9.17, 15) is 8.42 Å². The largest absolute Gasteiger partial charge is 0.300 e. The molecule has 1 fully saturated rings. The van der Waals surface area contributed by atoms with E-state index in [4.69, 9.17) is 11.6 Å². The molecule has 1 aliphatic heterocycles. The highest BCUT2D eigenvalue weighted by Gasteiger charge is 2.28. The summed E-state index contributed by atoms with van der Waals surface area (Å²) in [4.78, 5) is 2.59. The third-order valence-electron chi connectivity index (χ3n) is 3.39. The first kappa shape index (κ1) is 18.7. The van der Waals surface area contributed by atoms with E-state index in [2.05, 4.69) is 18.7 Å². The van der Waals surface area contributed by atoms with Crippen LogP contribution in [-0.4, -0.2) is 50.3 Å². The Bertz CT molecular complexity index is 556. The van der Waals surface area contributed by atoms with Crippen LogP contribution in [0.1, 0.15) is 13.8 Å². The van der Waals surface area contributed by atoms with E-state index in [1.54, 1.807) is 22.5 Å². The molecule has 2 rings (SSSR count). The van der Waals surface area contributed by atoms with E-state index >= 15 is 0 Å².